The third-order valence-corrected chi connectivity index (χ3v) is 5.87. The van der Waals surface area contributed by atoms with E-state index in [1.165, 1.54) is 0 Å². The number of aromatic nitrogens is 7. The van der Waals surface area contributed by atoms with Gasteiger partial charge in [-0.25, -0.2) is 9.67 Å². The Morgan fingerprint density at radius 1 is 1.00 bits per heavy atom. The SMILES string of the molecule is CC/C=C/c1nc(C(CCC)(OC)OC)nn1Cc1ccc(-c2cccc(-c3nn[nH]n3)c2)cc1. The number of aromatic amines is 1. The molecule has 1 N–H and O–H groups in total. The number of allylic oxidation sites excluding steroid dienone is 1. The van der Waals surface area contributed by atoms with Crippen LogP contribution in [-0.2, 0) is 21.8 Å². The number of ether oxygens (including phenoxy) is 2. The lowest BCUT2D eigenvalue weighted by atomic mass is 10.0. The lowest BCUT2D eigenvalue weighted by Crippen LogP contribution is -2.32. The van der Waals surface area contributed by atoms with Crippen LogP contribution in [-0.4, -0.2) is 49.6 Å². The zero-order valence-corrected chi connectivity index (χ0v) is 20.6. The molecule has 0 spiro atoms. The lowest BCUT2D eigenvalue weighted by molar-refractivity contribution is -0.225. The van der Waals surface area contributed by atoms with Crippen molar-refractivity contribution < 1.29 is 9.47 Å². The van der Waals surface area contributed by atoms with Gasteiger partial charge in [-0.3, -0.25) is 0 Å². The maximum absolute atomic E-state index is 5.74. The first-order chi connectivity index (χ1) is 17.1. The van der Waals surface area contributed by atoms with Crippen LogP contribution in [0.5, 0.6) is 0 Å². The molecule has 0 aliphatic rings. The van der Waals surface area contributed by atoms with Crippen molar-refractivity contribution in [3.8, 4) is 22.5 Å². The summed E-state index contributed by atoms with van der Waals surface area (Å²) in [6, 6.07) is 16.5. The Balaban J connectivity index is 1.60. The number of hydrogen-bond acceptors (Lipinski definition) is 7. The van der Waals surface area contributed by atoms with Gasteiger partial charge in [0, 0.05) is 26.2 Å². The quantitative estimate of drug-likeness (QED) is 0.311. The number of methoxy groups -OCH3 is 2. The van der Waals surface area contributed by atoms with Gasteiger partial charge >= 0.3 is 0 Å². The Morgan fingerprint density at radius 2 is 1.77 bits per heavy atom. The zero-order valence-electron chi connectivity index (χ0n) is 20.6. The molecule has 0 saturated heterocycles. The molecule has 9 heteroatoms. The highest BCUT2D eigenvalue weighted by Crippen LogP contribution is 2.30. The maximum Gasteiger partial charge on any atom is 0.231 e. The van der Waals surface area contributed by atoms with Gasteiger partial charge < -0.3 is 9.47 Å². The van der Waals surface area contributed by atoms with Gasteiger partial charge in [0.25, 0.3) is 0 Å². The molecule has 4 rings (SSSR count). The van der Waals surface area contributed by atoms with Crippen molar-refractivity contribution >= 4 is 6.08 Å². The van der Waals surface area contributed by atoms with E-state index in [-0.39, 0.29) is 0 Å². The Hall–Kier alpha value is -3.69. The molecular weight excluding hydrogens is 442 g/mol. The molecule has 0 amide bonds. The van der Waals surface area contributed by atoms with Crippen LogP contribution in [0, 0.1) is 0 Å². The van der Waals surface area contributed by atoms with Crippen molar-refractivity contribution in [1.29, 1.82) is 0 Å². The molecule has 35 heavy (non-hydrogen) atoms. The van der Waals surface area contributed by atoms with Gasteiger partial charge in [-0.15, -0.1) is 15.3 Å². The van der Waals surface area contributed by atoms with Gasteiger partial charge in [-0.2, -0.15) is 5.21 Å². The summed E-state index contributed by atoms with van der Waals surface area (Å²) in [5.41, 5.74) is 4.21. The van der Waals surface area contributed by atoms with Crippen molar-refractivity contribution in [3.05, 3.63) is 71.8 Å². The van der Waals surface area contributed by atoms with Crippen LogP contribution in [0.4, 0.5) is 0 Å². The predicted molar refractivity (Wildman–Crippen MR) is 134 cm³/mol. The summed E-state index contributed by atoms with van der Waals surface area (Å²) in [6.45, 7) is 4.76. The van der Waals surface area contributed by atoms with E-state index < -0.39 is 5.79 Å². The van der Waals surface area contributed by atoms with Crippen molar-refractivity contribution in [2.45, 2.75) is 45.4 Å². The molecule has 182 valence electrons. The molecule has 0 unspecified atom stereocenters. The Kier molecular flexibility index (Phi) is 7.79. The highest BCUT2D eigenvalue weighted by atomic mass is 16.7. The van der Waals surface area contributed by atoms with Crippen molar-refractivity contribution in [3.63, 3.8) is 0 Å². The summed E-state index contributed by atoms with van der Waals surface area (Å²) in [7, 11) is 3.27. The minimum atomic E-state index is -0.956. The van der Waals surface area contributed by atoms with Crippen molar-refractivity contribution in [2.24, 2.45) is 0 Å². The fourth-order valence-electron chi connectivity index (χ4n) is 3.99. The summed E-state index contributed by atoms with van der Waals surface area (Å²) in [5.74, 6) is 0.926. The number of nitrogens with zero attached hydrogens (tertiary/aromatic N) is 6. The Labute approximate surface area is 205 Å². The summed E-state index contributed by atoms with van der Waals surface area (Å²) in [5, 5.41) is 19.1. The molecule has 0 fully saturated rings. The molecule has 0 aliphatic carbocycles. The maximum atomic E-state index is 5.74. The third kappa shape index (κ3) is 5.36. The van der Waals surface area contributed by atoms with Crippen molar-refractivity contribution in [2.75, 3.05) is 14.2 Å². The van der Waals surface area contributed by atoms with E-state index in [2.05, 4.69) is 76.9 Å². The molecule has 2 aromatic heterocycles. The number of nitrogens with one attached hydrogen (secondary N) is 1. The third-order valence-electron chi connectivity index (χ3n) is 5.87. The molecule has 0 radical (unpaired) electrons. The van der Waals surface area contributed by atoms with Gasteiger partial charge in [-0.1, -0.05) is 68.8 Å². The second kappa shape index (κ2) is 11.2. The van der Waals surface area contributed by atoms with E-state index in [4.69, 9.17) is 19.6 Å². The summed E-state index contributed by atoms with van der Waals surface area (Å²) in [4.78, 5) is 4.77. The Morgan fingerprint density at radius 3 is 2.43 bits per heavy atom. The normalized spacial score (nSPS) is 12.0. The Bertz CT molecular complexity index is 1240. The zero-order chi connectivity index (χ0) is 24.7. The summed E-state index contributed by atoms with van der Waals surface area (Å²) >= 11 is 0. The minimum Gasteiger partial charge on any atom is -0.347 e. The van der Waals surface area contributed by atoms with Crippen LogP contribution in [0.2, 0.25) is 0 Å². The van der Waals surface area contributed by atoms with Crippen LogP contribution in [0.1, 0.15) is 50.3 Å². The highest BCUT2D eigenvalue weighted by Gasteiger charge is 2.36. The first-order valence-electron chi connectivity index (χ1n) is 11.8. The predicted octanol–water partition coefficient (Wildman–Crippen LogP) is 4.84. The number of rotatable bonds is 11. The van der Waals surface area contributed by atoms with Gasteiger partial charge in [0.1, 0.15) is 0 Å². The smallest absolute Gasteiger partial charge is 0.231 e. The average Bonchev–Trinajstić information content (AvgIpc) is 3.58. The van der Waals surface area contributed by atoms with Crippen LogP contribution in [0.15, 0.2) is 54.6 Å². The number of tetrazole rings is 1. The standard InChI is InChI=1S/C26H31N7O2/c1-5-7-11-23-27-25(26(34-3,35-4)16-6-2)30-33(23)18-19-12-14-20(15-13-19)21-9-8-10-22(17-21)24-28-31-32-29-24/h7-15,17H,5-6,16,18H2,1-4H3,(H,28,29,31,32)/b11-7+. The number of benzene rings is 2. The summed E-state index contributed by atoms with van der Waals surface area (Å²) in [6.07, 6.45) is 6.53. The van der Waals surface area contributed by atoms with Gasteiger partial charge in [0.05, 0.1) is 6.54 Å². The second-order valence-corrected chi connectivity index (χ2v) is 8.19. The van der Waals surface area contributed by atoms with Crippen LogP contribution < -0.4 is 0 Å². The van der Waals surface area contributed by atoms with E-state index in [1.54, 1.807) is 14.2 Å². The molecule has 0 bridgehead atoms. The van der Waals surface area contributed by atoms with E-state index in [9.17, 15) is 0 Å². The first kappa shape index (κ1) is 24.4. The summed E-state index contributed by atoms with van der Waals surface area (Å²) < 4.78 is 13.4. The molecule has 9 nitrogen and oxygen atoms in total. The monoisotopic (exact) mass is 473 g/mol. The van der Waals surface area contributed by atoms with Crippen LogP contribution in [0.25, 0.3) is 28.6 Å². The molecule has 2 aromatic carbocycles. The van der Waals surface area contributed by atoms with E-state index in [1.807, 2.05) is 22.9 Å². The van der Waals surface area contributed by atoms with E-state index >= 15 is 0 Å². The molecule has 4 aromatic rings. The highest BCUT2D eigenvalue weighted by molar-refractivity contribution is 5.70. The van der Waals surface area contributed by atoms with Crippen LogP contribution in [0.3, 0.4) is 0 Å². The van der Waals surface area contributed by atoms with Gasteiger partial charge in [0.15, 0.2) is 5.82 Å². The second-order valence-electron chi connectivity index (χ2n) is 8.19. The van der Waals surface area contributed by atoms with E-state index in [0.29, 0.717) is 24.6 Å². The fraction of sp³-hybridized carbons (Fsp3) is 0.346. The van der Waals surface area contributed by atoms with Gasteiger partial charge in [-0.05, 0) is 40.5 Å². The lowest BCUT2D eigenvalue weighted by Gasteiger charge is -2.27. The number of H-pyrrole nitrogens is 1. The minimum absolute atomic E-state index is 0.537. The largest absolute Gasteiger partial charge is 0.347 e. The molecule has 0 atom stereocenters. The van der Waals surface area contributed by atoms with Crippen molar-refractivity contribution in [1.82, 2.24) is 35.4 Å². The number of hydrogen-bond donors (Lipinski definition) is 1. The molecular formula is C26H31N7O2. The molecule has 0 saturated carbocycles. The topological polar surface area (TPSA) is 104 Å². The average molecular weight is 474 g/mol. The first-order valence-corrected chi connectivity index (χ1v) is 11.8. The van der Waals surface area contributed by atoms with Crippen LogP contribution >= 0.6 is 0 Å². The molecule has 0 aliphatic heterocycles. The van der Waals surface area contributed by atoms with Gasteiger partial charge in [0.2, 0.25) is 17.4 Å². The van der Waals surface area contributed by atoms with E-state index in [0.717, 1.165) is 40.9 Å². The fourth-order valence-corrected chi connectivity index (χ4v) is 3.99. The molecule has 2 heterocycles.